The standard InChI is InChI=1S/C25H33ClN2/c1-8-17-28(7)25(20(5)26)16-12-19(4)11-14-22(10-3)23-18-21(9-2)13-15-24(23)27-6/h10,12-16,18H,3,5-6,8-9,11,17H2,1-2,4,7H3/b19-12+,22-14-,25-16+. The number of rotatable bonds is 11. The van der Waals surface area contributed by atoms with Gasteiger partial charge in [-0.15, -0.1) is 0 Å². The van der Waals surface area contributed by atoms with Crippen LogP contribution in [0.1, 0.15) is 44.7 Å². The maximum Gasteiger partial charge on any atom is 0.0700 e. The first kappa shape index (κ1) is 23.7. The maximum absolute atomic E-state index is 6.17. The van der Waals surface area contributed by atoms with Gasteiger partial charge in [0.05, 0.1) is 16.4 Å². The van der Waals surface area contributed by atoms with Gasteiger partial charge < -0.3 is 4.90 Å². The number of likely N-dealkylation sites (N-methyl/N-ethyl adjacent to an activating group) is 1. The van der Waals surface area contributed by atoms with Gasteiger partial charge in [0.15, 0.2) is 0 Å². The van der Waals surface area contributed by atoms with Crippen LogP contribution in [-0.2, 0) is 6.42 Å². The molecular formula is C25H33ClN2. The maximum atomic E-state index is 6.17. The Morgan fingerprint density at radius 2 is 1.96 bits per heavy atom. The molecule has 0 atom stereocenters. The van der Waals surface area contributed by atoms with Crippen LogP contribution in [0.15, 0.2) is 77.0 Å². The van der Waals surface area contributed by atoms with Crippen LogP contribution in [0, 0.1) is 0 Å². The number of hydrogen-bond acceptors (Lipinski definition) is 2. The molecule has 150 valence electrons. The van der Waals surface area contributed by atoms with Crippen molar-refractivity contribution in [1.82, 2.24) is 4.90 Å². The van der Waals surface area contributed by atoms with E-state index in [0.717, 1.165) is 48.3 Å². The van der Waals surface area contributed by atoms with Gasteiger partial charge in [-0.2, -0.15) is 0 Å². The number of halogens is 1. The summed E-state index contributed by atoms with van der Waals surface area (Å²) in [5, 5.41) is 0.556. The van der Waals surface area contributed by atoms with E-state index in [9.17, 15) is 0 Å². The highest BCUT2D eigenvalue weighted by Gasteiger charge is 2.07. The molecule has 0 aliphatic heterocycles. The van der Waals surface area contributed by atoms with E-state index in [0.29, 0.717) is 5.03 Å². The number of aryl methyl sites for hydroxylation is 1. The third kappa shape index (κ3) is 7.01. The SMILES string of the molecule is C=C/C(=C/C/C(C)=C/C=C(\C(=C)Cl)N(C)CCC)c1cc(CC)ccc1N=C. The highest BCUT2D eigenvalue weighted by Crippen LogP contribution is 2.29. The molecule has 0 heterocycles. The summed E-state index contributed by atoms with van der Waals surface area (Å²) in [6.45, 7) is 18.9. The minimum atomic E-state index is 0.556. The highest BCUT2D eigenvalue weighted by atomic mass is 35.5. The summed E-state index contributed by atoms with van der Waals surface area (Å²) in [5.74, 6) is 0. The predicted molar refractivity (Wildman–Crippen MR) is 128 cm³/mol. The zero-order valence-corrected chi connectivity index (χ0v) is 18.5. The minimum absolute atomic E-state index is 0.556. The largest absolute Gasteiger partial charge is 0.373 e. The fraction of sp³-hybridized carbons (Fsp3) is 0.320. The highest BCUT2D eigenvalue weighted by molar-refractivity contribution is 6.31. The summed E-state index contributed by atoms with van der Waals surface area (Å²) in [6.07, 6.45) is 11.0. The molecule has 0 aliphatic carbocycles. The fourth-order valence-electron chi connectivity index (χ4n) is 2.92. The number of aliphatic imine (C=N–C) groups is 1. The number of nitrogens with zero attached hydrogens (tertiary/aromatic N) is 2. The van der Waals surface area contributed by atoms with Gasteiger partial charge in [-0.1, -0.05) is 68.5 Å². The quantitative estimate of drug-likeness (QED) is 0.280. The third-order valence-corrected chi connectivity index (χ3v) is 4.78. The topological polar surface area (TPSA) is 15.6 Å². The second kappa shape index (κ2) is 12.2. The molecular weight excluding hydrogens is 364 g/mol. The fourth-order valence-corrected chi connectivity index (χ4v) is 3.12. The smallest absolute Gasteiger partial charge is 0.0700 e. The molecule has 1 aromatic carbocycles. The van der Waals surface area contributed by atoms with E-state index in [4.69, 9.17) is 11.6 Å². The summed E-state index contributed by atoms with van der Waals surface area (Å²) in [5.41, 5.74) is 6.47. The Morgan fingerprint density at radius 1 is 1.25 bits per heavy atom. The lowest BCUT2D eigenvalue weighted by Gasteiger charge is -2.21. The van der Waals surface area contributed by atoms with Crippen LogP contribution in [0.2, 0.25) is 0 Å². The van der Waals surface area contributed by atoms with E-state index in [1.54, 1.807) is 0 Å². The van der Waals surface area contributed by atoms with E-state index >= 15 is 0 Å². The van der Waals surface area contributed by atoms with Crippen LogP contribution < -0.4 is 0 Å². The van der Waals surface area contributed by atoms with E-state index in [1.165, 1.54) is 11.1 Å². The molecule has 0 radical (unpaired) electrons. The Bertz CT molecular complexity index is 797. The molecule has 3 heteroatoms. The van der Waals surface area contributed by atoms with Crippen LogP contribution in [0.3, 0.4) is 0 Å². The second-order valence-corrected chi connectivity index (χ2v) is 7.28. The van der Waals surface area contributed by atoms with Crippen molar-refractivity contribution in [3.63, 3.8) is 0 Å². The lowest BCUT2D eigenvalue weighted by Crippen LogP contribution is -2.18. The van der Waals surface area contributed by atoms with Crippen LogP contribution in [0.4, 0.5) is 5.69 Å². The zero-order valence-electron chi connectivity index (χ0n) is 17.8. The molecule has 0 spiro atoms. The van der Waals surface area contributed by atoms with Crippen molar-refractivity contribution in [2.45, 2.75) is 40.0 Å². The Labute approximate surface area is 176 Å². The van der Waals surface area contributed by atoms with Gasteiger partial charge in [-0.05, 0) is 62.2 Å². The van der Waals surface area contributed by atoms with Crippen molar-refractivity contribution >= 4 is 29.6 Å². The molecule has 1 rings (SSSR count). The molecule has 0 saturated carbocycles. The summed E-state index contributed by atoms with van der Waals surface area (Å²) in [7, 11) is 2.03. The molecule has 1 aromatic rings. The van der Waals surface area contributed by atoms with E-state index in [-0.39, 0.29) is 0 Å². The molecule has 0 saturated heterocycles. The Balaban J connectivity index is 3.11. The van der Waals surface area contributed by atoms with Gasteiger partial charge >= 0.3 is 0 Å². The van der Waals surface area contributed by atoms with Crippen LogP contribution in [0.5, 0.6) is 0 Å². The van der Waals surface area contributed by atoms with Crippen LogP contribution in [-0.4, -0.2) is 25.2 Å². The molecule has 28 heavy (non-hydrogen) atoms. The van der Waals surface area contributed by atoms with Crippen molar-refractivity contribution < 1.29 is 0 Å². The van der Waals surface area contributed by atoms with Crippen LogP contribution in [0.25, 0.3) is 5.57 Å². The van der Waals surface area contributed by atoms with Gasteiger partial charge in [-0.3, -0.25) is 4.99 Å². The summed E-state index contributed by atoms with van der Waals surface area (Å²) in [6, 6.07) is 6.29. The van der Waals surface area contributed by atoms with Gasteiger partial charge in [-0.25, -0.2) is 0 Å². The Hall–Kier alpha value is -2.32. The van der Waals surface area contributed by atoms with E-state index < -0.39 is 0 Å². The van der Waals surface area contributed by atoms with Crippen molar-refractivity contribution in [2.75, 3.05) is 13.6 Å². The van der Waals surface area contributed by atoms with Gasteiger partial charge in [0, 0.05) is 19.2 Å². The predicted octanol–water partition coefficient (Wildman–Crippen LogP) is 7.47. The number of benzene rings is 1. The molecule has 0 amide bonds. The zero-order chi connectivity index (χ0) is 21.1. The monoisotopic (exact) mass is 396 g/mol. The normalized spacial score (nSPS) is 12.7. The van der Waals surface area contributed by atoms with Crippen molar-refractivity contribution in [3.8, 4) is 0 Å². The summed E-state index contributed by atoms with van der Waals surface area (Å²) >= 11 is 6.17. The van der Waals surface area contributed by atoms with Gasteiger partial charge in [0.1, 0.15) is 0 Å². The summed E-state index contributed by atoms with van der Waals surface area (Å²) < 4.78 is 0. The van der Waals surface area contributed by atoms with Crippen molar-refractivity contribution in [1.29, 1.82) is 0 Å². The second-order valence-electron chi connectivity index (χ2n) is 6.82. The average molecular weight is 397 g/mol. The molecule has 2 nitrogen and oxygen atoms in total. The Kier molecular flexibility index (Phi) is 10.3. The molecule has 0 aliphatic rings. The summed E-state index contributed by atoms with van der Waals surface area (Å²) in [4.78, 5) is 6.29. The lowest BCUT2D eigenvalue weighted by molar-refractivity contribution is 0.428. The van der Waals surface area contributed by atoms with E-state index in [1.807, 2.05) is 25.3 Å². The molecule has 0 bridgehead atoms. The molecule has 0 N–H and O–H groups in total. The minimum Gasteiger partial charge on any atom is -0.373 e. The first-order valence-electron chi connectivity index (χ1n) is 9.73. The Morgan fingerprint density at radius 3 is 2.50 bits per heavy atom. The van der Waals surface area contributed by atoms with Gasteiger partial charge in [0.25, 0.3) is 0 Å². The first-order valence-corrected chi connectivity index (χ1v) is 10.1. The third-order valence-electron chi connectivity index (χ3n) is 4.59. The molecule has 0 unspecified atom stereocenters. The molecule has 0 aromatic heterocycles. The van der Waals surface area contributed by atoms with Crippen LogP contribution >= 0.6 is 11.6 Å². The number of hydrogen-bond donors (Lipinski definition) is 0. The van der Waals surface area contributed by atoms with Gasteiger partial charge in [0.2, 0.25) is 0 Å². The first-order chi connectivity index (χ1) is 13.4. The van der Waals surface area contributed by atoms with Crippen molar-refractivity contribution in [3.05, 3.63) is 83.1 Å². The average Bonchev–Trinajstić information content (AvgIpc) is 2.68. The van der Waals surface area contributed by atoms with E-state index in [2.05, 4.69) is 74.8 Å². The molecule has 0 fully saturated rings. The lowest BCUT2D eigenvalue weighted by atomic mass is 9.98. The number of allylic oxidation sites excluding steroid dienone is 7. The van der Waals surface area contributed by atoms with Crippen molar-refractivity contribution in [2.24, 2.45) is 4.99 Å².